The minimum absolute atomic E-state index is 0.255. The van der Waals surface area contributed by atoms with Gasteiger partial charge < -0.3 is 5.32 Å². The lowest BCUT2D eigenvalue weighted by Crippen LogP contribution is -2.34. The van der Waals surface area contributed by atoms with Crippen LogP contribution in [0.25, 0.3) is 0 Å². The van der Waals surface area contributed by atoms with Crippen LogP contribution in [0.2, 0.25) is 0 Å². The van der Waals surface area contributed by atoms with Crippen LogP contribution in [0.15, 0.2) is 18.5 Å². The highest BCUT2D eigenvalue weighted by molar-refractivity contribution is 5.09. The Morgan fingerprint density at radius 2 is 2.12 bits per heavy atom. The highest BCUT2D eigenvalue weighted by atomic mass is 19.1. The molecule has 0 radical (unpaired) electrons. The standard InChI is InChI=1S/C14H21FN2/c1-11(13-5-3-2-4-6-13)17-9-12-7-14(15)10-16-8-12/h7-8,10-11,13,17H,2-6,9H2,1H3/t11-/m1/s1. The number of aromatic nitrogens is 1. The molecule has 1 aliphatic carbocycles. The SMILES string of the molecule is C[C@@H](NCc1cncc(F)c1)C1CCCCC1. The van der Waals surface area contributed by atoms with E-state index in [-0.39, 0.29) is 5.82 Å². The summed E-state index contributed by atoms with van der Waals surface area (Å²) < 4.78 is 13.0. The molecule has 0 amide bonds. The van der Waals surface area contributed by atoms with Crippen molar-refractivity contribution in [2.24, 2.45) is 5.92 Å². The van der Waals surface area contributed by atoms with Crippen molar-refractivity contribution in [1.29, 1.82) is 0 Å². The lowest BCUT2D eigenvalue weighted by atomic mass is 9.84. The number of hydrogen-bond donors (Lipinski definition) is 1. The largest absolute Gasteiger partial charge is 0.310 e. The maximum atomic E-state index is 13.0. The summed E-state index contributed by atoms with van der Waals surface area (Å²) in [7, 11) is 0. The zero-order chi connectivity index (χ0) is 12.1. The van der Waals surface area contributed by atoms with Crippen LogP contribution in [0.5, 0.6) is 0 Å². The van der Waals surface area contributed by atoms with Crippen LogP contribution in [0, 0.1) is 11.7 Å². The van der Waals surface area contributed by atoms with Gasteiger partial charge in [-0.25, -0.2) is 4.39 Å². The fraction of sp³-hybridized carbons (Fsp3) is 0.643. The average molecular weight is 236 g/mol. The molecule has 1 saturated carbocycles. The number of rotatable bonds is 4. The third-order valence-corrected chi connectivity index (χ3v) is 3.75. The molecule has 1 aromatic rings. The van der Waals surface area contributed by atoms with E-state index in [2.05, 4.69) is 17.2 Å². The number of pyridine rings is 1. The van der Waals surface area contributed by atoms with Crippen LogP contribution < -0.4 is 5.32 Å². The van der Waals surface area contributed by atoms with E-state index in [4.69, 9.17) is 0 Å². The van der Waals surface area contributed by atoms with Gasteiger partial charge in [-0.2, -0.15) is 0 Å². The van der Waals surface area contributed by atoms with E-state index < -0.39 is 0 Å². The van der Waals surface area contributed by atoms with E-state index in [1.54, 1.807) is 12.3 Å². The van der Waals surface area contributed by atoms with Crippen LogP contribution in [-0.2, 0) is 6.54 Å². The lowest BCUT2D eigenvalue weighted by molar-refractivity contribution is 0.280. The number of halogens is 1. The molecule has 1 N–H and O–H groups in total. The quantitative estimate of drug-likeness (QED) is 0.867. The van der Waals surface area contributed by atoms with Crippen LogP contribution in [0.1, 0.15) is 44.6 Å². The van der Waals surface area contributed by atoms with E-state index >= 15 is 0 Å². The van der Waals surface area contributed by atoms with E-state index in [0.29, 0.717) is 12.6 Å². The Morgan fingerprint density at radius 1 is 1.35 bits per heavy atom. The molecule has 0 bridgehead atoms. The highest BCUT2D eigenvalue weighted by Crippen LogP contribution is 2.26. The molecule has 1 fully saturated rings. The predicted molar refractivity (Wildman–Crippen MR) is 67.1 cm³/mol. The molecule has 17 heavy (non-hydrogen) atoms. The van der Waals surface area contributed by atoms with Gasteiger partial charge in [0.2, 0.25) is 0 Å². The monoisotopic (exact) mass is 236 g/mol. The molecule has 2 rings (SSSR count). The fourth-order valence-electron chi connectivity index (χ4n) is 2.63. The average Bonchev–Trinajstić information content (AvgIpc) is 2.37. The molecule has 1 aromatic heterocycles. The number of nitrogens with one attached hydrogen (secondary N) is 1. The van der Waals surface area contributed by atoms with Crippen molar-refractivity contribution < 1.29 is 4.39 Å². The Balaban J connectivity index is 1.80. The van der Waals surface area contributed by atoms with Crippen molar-refractivity contribution in [1.82, 2.24) is 10.3 Å². The summed E-state index contributed by atoms with van der Waals surface area (Å²) in [6.45, 7) is 2.95. The molecule has 3 heteroatoms. The summed E-state index contributed by atoms with van der Waals surface area (Å²) in [5.41, 5.74) is 0.924. The fourth-order valence-corrected chi connectivity index (χ4v) is 2.63. The third-order valence-electron chi connectivity index (χ3n) is 3.75. The van der Waals surface area contributed by atoms with Gasteiger partial charge >= 0.3 is 0 Å². The van der Waals surface area contributed by atoms with Crippen LogP contribution >= 0.6 is 0 Å². The van der Waals surface area contributed by atoms with Gasteiger partial charge in [0.15, 0.2) is 0 Å². The molecule has 0 unspecified atom stereocenters. The van der Waals surface area contributed by atoms with Gasteiger partial charge in [-0.05, 0) is 37.3 Å². The van der Waals surface area contributed by atoms with Crippen molar-refractivity contribution in [3.8, 4) is 0 Å². The van der Waals surface area contributed by atoms with E-state index in [9.17, 15) is 4.39 Å². The van der Waals surface area contributed by atoms with Crippen LogP contribution in [0.4, 0.5) is 4.39 Å². The predicted octanol–water partition coefficient (Wildman–Crippen LogP) is 3.28. The molecule has 0 aliphatic heterocycles. The first-order valence-electron chi connectivity index (χ1n) is 6.58. The van der Waals surface area contributed by atoms with Gasteiger partial charge in [0.05, 0.1) is 6.20 Å². The zero-order valence-electron chi connectivity index (χ0n) is 10.5. The van der Waals surface area contributed by atoms with E-state index in [1.165, 1.54) is 38.3 Å². The van der Waals surface area contributed by atoms with Gasteiger partial charge in [0, 0.05) is 18.8 Å². The zero-order valence-corrected chi connectivity index (χ0v) is 10.5. The first-order valence-corrected chi connectivity index (χ1v) is 6.58. The van der Waals surface area contributed by atoms with Crippen LogP contribution in [0.3, 0.4) is 0 Å². The maximum Gasteiger partial charge on any atom is 0.141 e. The molecule has 1 heterocycles. The van der Waals surface area contributed by atoms with Gasteiger partial charge in [0.25, 0.3) is 0 Å². The summed E-state index contributed by atoms with van der Waals surface area (Å²) in [6.07, 6.45) is 9.73. The van der Waals surface area contributed by atoms with E-state index in [1.807, 2.05) is 0 Å². The molecule has 94 valence electrons. The number of hydrogen-bond acceptors (Lipinski definition) is 2. The molecular weight excluding hydrogens is 215 g/mol. The minimum Gasteiger partial charge on any atom is -0.310 e. The maximum absolute atomic E-state index is 13.0. The molecular formula is C14H21FN2. The molecule has 0 aromatic carbocycles. The molecule has 2 nitrogen and oxygen atoms in total. The van der Waals surface area contributed by atoms with Crippen LogP contribution in [-0.4, -0.2) is 11.0 Å². The summed E-state index contributed by atoms with van der Waals surface area (Å²) in [6, 6.07) is 2.06. The highest BCUT2D eigenvalue weighted by Gasteiger charge is 2.19. The lowest BCUT2D eigenvalue weighted by Gasteiger charge is -2.28. The Kier molecular flexibility index (Phi) is 4.49. The second kappa shape index (κ2) is 6.10. The van der Waals surface area contributed by atoms with Crippen molar-refractivity contribution in [2.45, 2.75) is 51.6 Å². The Morgan fingerprint density at radius 3 is 2.82 bits per heavy atom. The first-order chi connectivity index (χ1) is 8.25. The third kappa shape index (κ3) is 3.77. The van der Waals surface area contributed by atoms with Gasteiger partial charge in [-0.15, -0.1) is 0 Å². The summed E-state index contributed by atoms with van der Waals surface area (Å²) in [4.78, 5) is 3.86. The molecule has 0 saturated heterocycles. The van der Waals surface area contributed by atoms with Gasteiger partial charge in [-0.3, -0.25) is 4.98 Å². The van der Waals surface area contributed by atoms with Crippen molar-refractivity contribution in [3.05, 3.63) is 29.8 Å². The Bertz CT molecular complexity index is 348. The van der Waals surface area contributed by atoms with E-state index in [0.717, 1.165) is 11.5 Å². The molecule has 1 atom stereocenters. The minimum atomic E-state index is -0.255. The summed E-state index contributed by atoms with van der Waals surface area (Å²) >= 11 is 0. The topological polar surface area (TPSA) is 24.9 Å². The van der Waals surface area contributed by atoms with Crippen molar-refractivity contribution in [3.63, 3.8) is 0 Å². The van der Waals surface area contributed by atoms with Gasteiger partial charge in [0.1, 0.15) is 5.82 Å². The summed E-state index contributed by atoms with van der Waals surface area (Å²) in [5, 5.41) is 3.49. The van der Waals surface area contributed by atoms with Crippen molar-refractivity contribution in [2.75, 3.05) is 0 Å². The normalized spacial score (nSPS) is 19.2. The van der Waals surface area contributed by atoms with Crippen molar-refractivity contribution >= 4 is 0 Å². The Hall–Kier alpha value is -0.960. The second-order valence-corrected chi connectivity index (χ2v) is 5.08. The Labute approximate surface area is 103 Å². The first kappa shape index (κ1) is 12.5. The molecule has 0 spiro atoms. The van der Waals surface area contributed by atoms with Gasteiger partial charge in [-0.1, -0.05) is 19.3 Å². The molecule has 1 aliphatic rings. The number of nitrogens with zero attached hydrogens (tertiary/aromatic N) is 1. The summed E-state index contributed by atoms with van der Waals surface area (Å²) in [5.74, 6) is 0.528. The smallest absolute Gasteiger partial charge is 0.141 e. The second-order valence-electron chi connectivity index (χ2n) is 5.08.